The van der Waals surface area contributed by atoms with Crippen molar-refractivity contribution in [1.29, 1.82) is 0 Å². The van der Waals surface area contributed by atoms with E-state index in [-0.39, 0.29) is 5.91 Å². The van der Waals surface area contributed by atoms with Crippen molar-refractivity contribution in [2.45, 2.75) is 32.1 Å². The number of terminal acetylenes is 1. The van der Waals surface area contributed by atoms with E-state index in [9.17, 15) is 4.79 Å². The molecule has 0 fully saturated rings. The Labute approximate surface area is 108 Å². The summed E-state index contributed by atoms with van der Waals surface area (Å²) < 4.78 is 0. The van der Waals surface area contributed by atoms with E-state index in [1.807, 2.05) is 12.1 Å². The number of rotatable bonds is 5. The van der Waals surface area contributed by atoms with Crippen LogP contribution in [0.15, 0.2) is 18.2 Å². The van der Waals surface area contributed by atoms with E-state index in [0.717, 1.165) is 37.9 Å². The Hall–Kier alpha value is -1.95. The van der Waals surface area contributed by atoms with Gasteiger partial charge in [-0.25, -0.2) is 0 Å². The maximum atomic E-state index is 11.7. The first-order valence-corrected chi connectivity index (χ1v) is 6.40. The third-order valence-corrected chi connectivity index (χ3v) is 3.07. The van der Waals surface area contributed by atoms with Crippen LogP contribution in [0.25, 0.3) is 0 Å². The average molecular weight is 242 g/mol. The van der Waals surface area contributed by atoms with Crippen LogP contribution < -0.4 is 10.6 Å². The molecule has 0 spiro atoms. The first-order valence-electron chi connectivity index (χ1n) is 6.40. The zero-order valence-corrected chi connectivity index (χ0v) is 10.5. The van der Waals surface area contributed by atoms with Crippen molar-refractivity contribution < 1.29 is 4.79 Å². The van der Waals surface area contributed by atoms with Gasteiger partial charge in [-0.1, -0.05) is 0 Å². The number of anilines is 2. The summed E-state index contributed by atoms with van der Waals surface area (Å²) in [6, 6.07) is 6.02. The van der Waals surface area contributed by atoms with Gasteiger partial charge in [0.1, 0.15) is 0 Å². The van der Waals surface area contributed by atoms with Gasteiger partial charge in [0.05, 0.1) is 0 Å². The topological polar surface area (TPSA) is 41.1 Å². The van der Waals surface area contributed by atoms with Crippen LogP contribution in [-0.4, -0.2) is 12.5 Å². The van der Waals surface area contributed by atoms with E-state index < -0.39 is 0 Å². The monoisotopic (exact) mass is 242 g/mol. The van der Waals surface area contributed by atoms with Crippen molar-refractivity contribution in [3.05, 3.63) is 23.8 Å². The molecule has 0 saturated carbocycles. The van der Waals surface area contributed by atoms with Gasteiger partial charge in [-0.05, 0) is 43.0 Å². The first-order chi connectivity index (χ1) is 8.79. The first kappa shape index (κ1) is 12.5. The second kappa shape index (κ2) is 6.11. The second-order valence-corrected chi connectivity index (χ2v) is 4.51. The van der Waals surface area contributed by atoms with E-state index in [1.165, 1.54) is 11.3 Å². The molecule has 1 aliphatic heterocycles. The van der Waals surface area contributed by atoms with Gasteiger partial charge >= 0.3 is 0 Å². The lowest BCUT2D eigenvalue weighted by atomic mass is 10.1. The second-order valence-electron chi connectivity index (χ2n) is 4.51. The van der Waals surface area contributed by atoms with Gasteiger partial charge in [0, 0.05) is 30.8 Å². The van der Waals surface area contributed by atoms with Crippen molar-refractivity contribution in [2.75, 3.05) is 17.2 Å². The van der Waals surface area contributed by atoms with Crippen LogP contribution in [-0.2, 0) is 11.2 Å². The smallest absolute Gasteiger partial charge is 0.224 e. The molecule has 0 aromatic heterocycles. The number of hydrogen-bond acceptors (Lipinski definition) is 2. The highest BCUT2D eigenvalue weighted by Crippen LogP contribution is 2.25. The number of fused-ring (bicyclic) bond motifs is 1. The molecule has 1 amide bonds. The van der Waals surface area contributed by atoms with E-state index in [2.05, 4.69) is 22.6 Å². The van der Waals surface area contributed by atoms with E-state index >= 15 is 0 Å². The van der Waals surface area contributed by atoms with Gasteiger partial charge < -0.3 is 10.6 Å². The molecule has 0 saturated heterocycles. The van der Waals surface area contributed by atoms with E-state index in [0.29, 0.717) is 6.42 Å². The van der Waals surface area contributed by atoms with Gasteiger partial charge in [-0.3, -0.25) is 4.79 Å². The Kier molecular flexibility index (Phi) is 4.25. The zero-order chi connectivity index (χ0) is 12.8. The van der Waals surface area contributed by atoms with Crippen molar-refractivity contribution >= 4 is 17.3 Å². The minimum Gasteiger partial charge on any atom is -0.384 e. The Morgan fingerprint density at radius 2 is 2.33 bits per heavy atom. The number of nitrogens with one attached hydrogen (secondary N) is 2. The van der Waals surface area contributed by atoms with Crippen LogP contribution in [0.3, 0.4) is 0 Å². The molecule has 2 N–H and O–H groups in total. The van der Waals surface area contributed by atoms with Crippen LogP contribution in [0.4, 0.5) is 11.4 Å². The number of amides is 1. The molecular formula is C15H18N2O. The summed E-state index contributed by atoms with van der Waals surface area (Å²) in [5.74, 6) is 2.65. The van der Waals surface area contributed by atoms with Crippen molar-refractivity contribution in [3.63, 3.8) is 0 Å². The SMILES string of the molecule is C#CCCCCC(=O)Nc1ccc2c(c1)CCN2. The molecule has 3 heteroatoms. The van der Waals surface area contributed by atoms with Crippen LogP contribution in [0.5, 0.6) is 0 Å². The molecule has 0 atom stereocenters. The third-order valence-electron chi connectivity index (χ3n) is 3.07. The fraction of sp³-hybridized carbons (Fsp3) is 0.400. The number of benzene rings is 1. The van der Waals surface area contributed by atoms with Gasteiger partial charge in [-0.2, -0.15) is 0 Å². The molecule has 1 aromatic rings. The highest BCUT2D eigenvalue weighted by Gasteiger charge is 2.10. The molecule has 1 aliphatic rings. The average Bonchev–Trinajstić information content (AvgIpc) is 2.82. The van der Waals surface area contributed by atoms with Gasteiger partial charge in [-0.15, -0.1) is 12.3 Å². The van der Waals surface area contributed by atoms with E-state index in [1.54, 1.807) is 0 Å². The molecule has 18 heavy (non-hydrogen) atoms. The number of unbranched alkanes of at least 4 members (excludes halogenated alkanes) is 2. The van der Waals surface area contributed by atoms with Crippen LogP contribution in [0, 0.1) is 12.3 Å². The number of hydrogen-bond donors (Lipinski definition) is 2. The molecule has 0 aliphatic carbocycles. The standard InChI is InChI=1S/C15H18N2O/c1-2-3-4-5-6-15(18)17-13-7-8-14-12(11-13)9-10-16-14/h1,7-8,11,16H,3-6,9-10H2,(H,17,18). The molecule has 1 heterocycles. The summed E-state index contributed by atoms with van der Waals surface area (Å²) in [5.41, 5.74) is 3.35. The number of carbonyl (C=O) groups is 1. The lowest BCUT2D eigenvalue weighted by molar-refractivity contribution is -0.116. The van der Waals surface area contributed by atoms with Crippen LogP contribution >= 0.6 is 0 Å². The molecular weight excluding hydrogens is 224 g/mol. The molecule has 94 valence electrons. The third kappa shape index (κ3) is 3.27. The highest BCUT2D eigenvalue weighted by molar-refractivity contribution is 5.91. The minimum absolute atomic E-state index is 0.0675. The Bertz CT molecular complexity index is 474. The maximum Gasteiger partial charge on any atom is 0.224 e. The molecule has 0 unspecified atom stereocenters. The summed E-state index contributed by atoms with van der Waals surface area (Å²) in [6.07, 6.45) is 9.24. The summed E-state index contributed by atoms with van der Waals surface area (Å²) in [4.78, 5) is 11.7. The predicted molar refractivity (Wildman–Crippen MR) is 74.6 cm³/mol. The quantitative estimate of drug-likeness (QED) is 0.616. The number of carbonyl (C=O) groups excluding carboxylic acids is 1. The predicted octanol–water partition coefficient (Wildman–Crippen LogP) is 2.79. The lowest BCUT2D eigenvalue weighted by Crippen LogP contribution is -2.11. The Morgan fingerprint density at radius 1 is 1.44 bits per heavy atom. The fourth-order valence-electron chi connectivity index (χ4n) is 2.12. The summed E-state index contributed by atoms with van der Waals surface area (Å²) >= 11 is 0. The summed E-state index contributed by atoms with van der Waals surface area (Å²) in [7, 11) is 0. The lowest BCUT2D eigenvalue weighted by Gasteiger charge is -2.07. The minimum atomic E-state index is 0.0675. The van der Waals surface area contributed by atoms with Gasteiger partial charge in [0.2, 0.25) is 5.91 Å². The van der Waals surface area contributed by atoms with Crippen molar-refractivity contribution in [3.8, 4) is 12.3 Å². The molecule has 0 radical (unpaired) electrons. The molecule has 3 nitrogen and oxygen atoms in total. The van der Waals surface area contributed by atoms with Gasteiger partial charge in [0.25, 0.3) is 0 Å². The normalized spacial score (nSPS) is 12.4. The van der Waals surface area contributed by atoms with Crippen molar-refractivity contribution in [2.24, 2.45) is 0 Å². The van der Waals surface area contributed by atoms with Crippen LogP contribution in [0.1, 0.15) is 31.2 Å². The Balaban J connectivity index is 1.82. The largest absolute Gasteiger partial charge is 0.384 e. The highest BCUT2D eigenvalue weighted by atomic mass is 16.1. The summed E-state index contributed by atoms with van der Waals surface area (Å²) in [5, 5.41) is 6.23. The van der Waals surface area contributed by atoms with Gasteiger partial charge in [0.15, 0.2) is 0 Å². The fourth-order valence-corrected chi connectivity index (χ4v) is 2.12. The molecule has 1 aromatic carbocycles. The molecule has 2 rings (SSSR count). The van der Waals surface area contributed by atoms with Crippen molar-refractivity contribution in [1.82, 2.24) is 0 Å². The maximum absolute atomic E-state index is 11.7. The Morgan fingerprint density at radius 3 is 3.17 bits per heavy atom. The summed E-state index contributed by atoms with van der Waals surface area (Å²) in [6.45, 7) is 0.985. The van der Waals surface area contributed by atoms with Crippen LogP contribution in [0.2, 0.25) is 0 Å². The molecule has 0 bridgehead atoms. The van der Waals surface area contributed by atoms with E-state index in [4.69, 9.17) is 6.42 Å². The zero-order valence-electron chi connectivity index (χ0n) is 10.5.